The minimum Gasteiger partial charge on any atom is -0.315 e. The Hall–Kier alpha value is -0.0800. The van der Waals surface area contributed by atoms with Crippen LogP contribution >= 0.6 is 0 Å². The molecule has 0 saturated heterocycles. The molecule has 0 radical (unpaired) electrons. The third kappa shape index (κ3) is 4.84. The summed E-state index contributed by atoms with van der Waals surface area (Å²) < 4.78 is 0. The highest BCUT2D eigenvalue weighted by molar-refractivity contribution is 4.78. The molecule has 1 fully saturated rings. The van der Waals surface area contributed by atoms with Crippen molar-refractivity contribution in [3.63, 3.8) is 0 Å². The van der Waals surface area contributed by atoms with Crippen LogP contribution in [0.3, 0.4) is 0 Å². The minimum absolute atomic E-state index is 0.668. The van der Waals surface area contributed by atoms with Crippen LogP contribution in [0.4, 0.5) is 0 Å². The van der Waals surface area contributed by atoms with Crippen LogP contribution < -0.4 is 5.32 Å². The van der Waals surface area contributed by atoms with Crippen LogP contribution in [-0.2, 0) is 0 Å². The third-order valence-electron chi connectivity index (χ3n) is 3.84. The average molecular weight is 226 g/mol. The molecule has 0 heterocycles. The molecule has 0 aromatic heterocycles. The van der Waals surface area contributed by atoms with Gasteiger partial charge in [0.05, 0.1) is 0 Å². The van der Waals surface area contributed by atoms with Gasteiger partial charge >= 0.3 is 0 Å². The van der Waals surface area contributed by atoms with Crippen molar-refractivity contribution in [1.82, 2.24) is 10.2 Å². The zero-order valence-corrected chi connectivity index (χ0v) is 11.6. The van der Waals surface area contributed by atoms with Gasteiger partial charge in [0.2, 0.25) is 0 Å². The predicted octanol–water partition coefficient (Wildman–Crippen LogP) is 2.89. The minimum atomic E-state index is 0.668. The highest BCUT2D eigenvalue weighted by Gasteiger charge is 2.21. The van der Waals surface area contributed by atoms with Gasteiger partial charge in [-0.25, -0.2) is 0 Å². The second-order valence-electron chi connectivity index (χ2n) is 5.86. The summed E-state index contributed by atoms with van der Waals surface area (Å²) in [5, 5.41) is 3.56. The first-order valence-corrected chi connectivity index (χ1v) is 7.04. The summed E-state index contributed by atoms with van der Waals surface area (Å²) in [6.45, 7) is 9.15. The summed E-state index contributed by atoms with van der Waals surface area (Å²) in [7, 11) is 2.30. The fourth-order valence-corrected chi connectivity index (χ4v) is 2.57. The van der Waals surface area contributed by atoms with E-state index in [0.29, 0.717) is 6.04 Å². The third-order valence-corrected chi connectivity index (χ3v) is 3.84. The standard InChI is InChI=1S/C14H30N2/c1-12(2)10-15-11-13(3)16(4)14-8-6-5-7-9-14/h12-15H,5-11H2,1-4H3. The van der Waals surface area contributed by atoms with Gasteiger partial charge in [0.1, 0.15) is 0 Å². The van der Waals surface area contributed by atoms with Crippen molar-refractivity contribution in [3.8, 4) is 0 Å². The number of hydrogen-bond acceptors (Lipinski definition) is 2. The van der Waals surface area contributed by atoms with Gasteiger partial charge in [-0.3, -0.25) is 4.90 Å². The Morgan fingerprint density at radius 2 is 1.69 bits per heavy atom. The Morgan fingerprint density at radius 1 is 1.06 bits per heavy atom. The lowest BCUT2D eigenvalue weighted by molar-refractivity contribution is 0.144. The smallest absolute Gasteiger partial charge is 0.0192 e. The second-order valence-corrected chi connectivity index (χ2v) is 5.86. The van der Waals surface area contributed by atoms with E-state index in [9.17, 15) is 0 Å². The summed E-state index contributed by atoms with van der Waals surface area (Å²) in [4.78, 5) is 2.59. The van der Waals surface area contributed by atoms with E-state index < -0.39 is 0 Å². The molecule has 0 aliphatic heterocycles. The van der Waals surface area contributed by atoms with Crippen LogP contribution in [0.5, 0.6) is 0 Å². The first-order chi connectivity index (χ1) is 7.61. The lowest BCUT2D eigenvalue weighted by Gasteiger charge is -2.35. The molecule has 1 aliphatic rings. The van der Waals surface area contributed by atoms with E-state index in [-0.39, 0.29) is 0 Å². The van der Waals surface area contributed by atoms with Crippen LogP contribution in [0.1, 0.15) is 52.9 Å². The fourth-order valence-electron chi connectivity index (χ4n) is 2.57. The molecule has 2 nitrogen and oxygen atoms in total. The highest BCUT2D eigenvalue weighted by Crippen LogP contribution is 2.22. The molecule has 0 bridgehead atoms. The molecule has 0 amide bonds. The molecule has 1 unspecified atom stereocenters. The summed E-state index contributed by atoms with van der Waals surface area (Å²) in [6.07, 6.45) is 7.13. The van der Waals surface area contributed by atoms with Crippen molar-refractivity contribution < 1.29 is 0 Å². The summed E-state index contributed by atoms with van der Waals surface area (Å²) in [5.41, 5.74) is 0. The van der Waals surface area contributed by atoms with Crippen LogP contribution in [0, 0.1) is 5.92 Å². The zero-order valence-electron chi connectivity index (χ0n) is 11.6. The molecule has 2 heteroatoms. The second kappa shape index (κ2) is 7.29. The number of likely N-dealkylation sites (N-methyl/N-ethyl adjacent to an activating group) is 1. The quantitative estimate of drug-likeness (QED) is 0.749. The Labute approximate surface area is 102 Å². The lowest BCUT2D eigenvalue weighted by Crippen LogP contribution is -2.45. The molecule has 0 spiro atoms. The van der Waals surface area contributed by atoms with Gasteiger partial charge in [0.15, 0.2) is 0 Å². The maximum atomic E-state index is 3.56. The summed E-state index contributed by atoms with van der Waals surface area (Å²) >= 11 is 0. The number of nitrogens with one attached hydrogen (secondary N) is 1. The normalized spacial score (nSPS) is 20.6. The molecule has 1 N–H and O–H groups in total. The maximum absolute atomic E-state index is 3.56. The lowest BCUT2D eigenvalue weighted by atomic mass is 9.94. The van der Waals surface area contributed by atoms with Gasteiger partial charge in [-0.2, -0.15) is 0 Å². The van der Waals surface area contributed by atoms with E-state index in [1.54, 1.807) is 0 Å². The first-order valence-electron chi connectivity index (χ1n) is 7.04. The van der Waals surface area contributed by atoms with E-state index in [4.69, 9.17) is 0 Å². The van der Waals surface area contributed by atoms with Crippen molar-refractivity contribution >= 4 is 0 Å². The maximum Gasteiger partial charge on any atom is 0.0192 e. The fraction of sp³-hybridized carbons (Fsp3) is 1.00. The van der Waals surface area contributed by atoms with E-state index in [0.717, 1.165) is 25.0 Å². The van der Waals surface area contributed by atoms with Crippen molar-refractivity contribution in [3.05, 3.63) is 0 Å². The molecule has 16 heavy (non-hydrogen) atoms. The Morgan fingerprint density at radius 3 is 2.25 bits per heavy atom. The summed E-state index contributed by atoms with van der Waals surface area (Å²) in [6, 6.07) is 1.51. The molecule has 1 rings (SSSR count). The molecule has 1 atom stereocenters. The van der Waals surface area contributed by atoms with Crippen molar-refractivity contribution in [2.75, 3.05) is 20.1 Å². The van der Waals surface area contributed by atoms with Gasteiger partial charge < -0.3 is 5.32 Å². The van der Waals surface area contributed by atoms with Crippen LogP contribution in [0.25, 0.3) is 0 Å². The molecular weight excluding hydrogens is 196 g/mol. The van der Waals surface area contributed by atoms with Gasteiger partial charge in [-0.15, -0.1) is 0 Å². The van der Waals surface area contributed by atoms with Gasteiger partial charge in [0, 0.05) is 18.6 Å². The van der Waals surface area contributed by atoms with Crippen molar-refractivity contribution in [2.24, 2.45) is 5.92 Å². The largest absolute Gasteiger partial charge is 0.315 e. The first kappa shape index (κ1) is 14.0. The van der Waals surface area contributed by atoms with Crippen LogP contribution in [-0.4, -0.2) is 37.1 Å². The van der Waals surface area contributed by atoms with Gasteiger partial charge in [-0.05, 0) is 39.3 Å². The molecule has 0 aromatic rings. The molecular formula is C14H30N2. The predicted molar refractivity (Wildman–Crippen MR) is 71.8 cm³/mol. The summed E-state index contributed by atoms with van der Waals surface area (Å²) in [5.74, 6) is 0.757. The molecule has 1 aliphatic carbocycles. The Balaban J connectivity index is 2.20. The number of nitrogens with zero attached hydrogens (tertiary/aromatic N) is 1. The van der Waals surface area contributed by atoms with E-state index in [2.05, 4.69) is 38.0 Å². The van der Waals surface area contributed by atoms with Crippen LogP contribution in [0.15, 0.2) is 0 Å². The molecule has 0 aromatic carbocycles. The van der Waals surface area contributed by atoms with Crippen molar-refractivity contribution in [1.29, 1.82) is 0 Å². The molecule has 1 saturated carbocycles. The topological polar surface area (TPSA) is 15.3 Å². The average Bonchev–Trinajstić information content (AvgIpc) is 2.28. The monoisotopic (exact) mass is 226 g/mol. The Bertz CT molecular complexity index is 174. The van der Waals surface area contributed by atoms with E-state index in [1.807, 2.05) is 0 Å². The van der Waals surface area contributed by atoms with Crippen molar-refractivity contribution in [2.45, 2.75) is 65.0 Å². The number of rotatable bonds is 6. The van der Waals surface area contributed by atoms with E-state index >= 15 is 0 Å². The van der Waals surface area contributed by atoms with Crippen LogP contribution in [0.2, 0.25) is 0 Å². The van der Waals surface area contributed by atoms with Gasteiger partial charge in [-0.1, -0.05) is 33.1 Å². The Kier molecular flexibility index (Phi) is 6.37. The molecule has 96 valence electrons. The SMILES string of the molecule is CC(C)CNCC(C)N(C)C1CCCCC1. The zero-order chi connectivity index (χ0) is 12.0. The van der Waals surface area contributed by atoms with Gasteiger partial charge in [0.25, 0.3) is 0 Å². The number of hydrogen-bond donors (Lipinski definition) is 1. The van der Waals surface area contributed by atoms with E-state index in [1.165, 1.54) is 32.1 Å². The highest BCUT2D eigenvalue weighted by atomic mass is 15.2.